The molecule has 142 valence electrons. The summed E-state index contributed by atoms with van der Waals surface area (Å²) in [6.45, 7) is 10.3. The highest BCUT2D eigenvalue weighted by Crippen LogP contribution is 2.42. The third-order valence-corrected chi connectivity index (χ3v) is 5.38. The molecule has 1 aromatic rings. The fourth-order valence-electron chi connectivity index (χ4n) is 3.27. The van der Waals surface area contributed by atoms with Crippen molar-refractivity contribution >= 4 is 35.8 Å². The van der Waals surface area contributed by atoms with Crippen molar-refractivity contribution in [1.29, 1.82) is 0 Å². The number of aromatic nitrogens is 1. The van der Waals surface area contributed by atoms with Gasteiger partial charge in [0, 0.05) is 39.4 Å². The maximum atomic E-state index is 4.57. The Morgan fingerprint density at radius 1 is 1.20 bits per heavy atom. The summed E-state index contributed by atoms with van der Waals surface area (Å²) in [5, 5.41) is 6.88. The number of guanidine groups is 1. The summed E-state index contributed by atoms with van der Waals surface area (Å²) in [5.41, 5.74) is 1.66. The molecular weight excluding hydrogens is 425 g/mol. The maximum absolute atomic E-state index is 4.57. The molecule has 0 bridgehead atoms. The van der Waals surface area contributed by atoms with Gasteiger partial charge in [-0.05, 0) is 50.2 Å². The standard InChI is InChI=1S/C19H33N5.HI/c1-5-19(11-8-12-19)15-23-18(20-4)22-14-16-9-10-17(21-13-16)24(6-2)7-3;/h9-10,13H,5-8,11-12,14-15H2,1-4H3,(H2,20,22,23);1H. The zero-order chi connectivity index (χ0) is 17.4. The van der Waals surface area contributed by atoms with Crippen molar-refractivity contribution < 1.29 is 0 Å². The van der Waals surface area contributed by atoms with E-state index >= 15 is 0 Å². The summed E-state index contributed by atoms with van der Waals surface area (Å²) >= 11 is 0. The molecule has 25 heavy (non-hydrogen) atoms. The molecule has 1 saturated carbocycles. The number of rotatable bonds is 8. The van der Waals surface area contributed by atoms with Gasteiger partial charge in [-0.3, -0.25) is 4.99 Å². The summed E-state index contributed by atoms with van der Waals surface area (Å²) in [6.07, 6.45) is 7.24. The molecule has 0 atom stereocenters. The van der Waals surface area contributed by atoms with Crippen LogP contribution < -0.4 is 15.5 Å². The average molecular weight is 459 g/mol. The Kier molecular flexibility index (Phi) is 9.53. The van der Waals surface area contributed by atoms with E-state index < -0.39 is 0 Å². The van der Waals surface area contributed by atoms with Crippen LogP contribution in [0.3, 0.4) is 0 Å². The van der Waals surface area contributed by atoms with Crippen LogP contribution in [0.4, 0.5) is 5.82 Å². The van der Waals surface area contributed by atoms with Crippen molar-refractivity contribution in [1.82, 2.24) is 15.6 Å². The van der Waals surface area contributed by atoms with Crippen LogP contribution in [0.2, 0.25) is 0 Å². The summed E-state index contributed by atoms with van der Waals surface area (Å²) in [4.78, 5) is 11.2. The van der Waals surface area contributed by atoms with E-state index in [9.17, 15) is 0 Å². The molecule has 0 unspecified atom stereocenters. The van der Waals surface area contributed by atoms with Crippen molar-refractivity contribution in [2.45, 2.75) is 53.0 Å². The number of aliphatic imine (C=N–C) groups is 1. The van der Waals surface area contributed by atoms with Crippen LogP contribution in [0.5, 0.6) is 0 Å². The second-order valence-corrected chi connectivity index (χ2v) is 6.68. The van der Waals surface area contributed by atoms with Crippen molar-refractivity contribution in [3.63, 3.8) is 0 Å². The van der Waals surface area contributed by atoms with Gasteiger partial charge in [0.25, 0.3) is 0 Å². The largest absolute Gasteiger partial charge is 0.357 e. The molecule has 0 spiro atoms. The van der Waals surface area contributed by atoms with E-state index in [4.69, 9.17) is 0 Å². The first kappa shape index (κ1) is 22.0. The van der Waals surface area contributed by atoms with Crippen LogP contribution in [0, 0.1) is 5.41 Å². The molecule has 0 saturated heterocycles. The van der Waals surface area contributed by atoms with Gasteiger partial charge < -0.3 is 15.5 Å². The third-order valence-electron chi connectivity index (χ3n) is 5.38. The molecule has 1 heterocycles. The fraction of sp³-hybridized carbons (Fsp3) is 0.684. The Morgan fingerprint density at radius 3 is 2.36 bits per heavy atom. The van der Waals surface area contributed by atoms with Crippen molar-refractivity contribution in [3.05, 3.63) is 23.9 Å². The Morgan fingerprint density at radius 2 is 1.92 bits per heavy atom. The van der Waals surface area contributed by atoms with Crippen LogP contribution in [-0.2, 0) is 6.54 Å². The number of nitrogens with zero attached hydrogens (tertiary/aromatic N) is 3. The Labute approximate surface area is 170 Å². The molecule has 0 radical (unpaired) electrons. The van der Waals surface area contributed by atoms with Crippen LogP contribution in [0.25, 0.3) is 0 Å². The van der Waals surface area contributed by atoms with Gasteiger partial charge in [-0.2, -0.15) is 0 Å². The quantitative estimate of drug-likeness (QED) is 0.353. The predicted octanol–water partition coefficient (Wildman–Crippen LogP) is 3.79. The van der Waals surface area contributed by atoms with Crippen LogP contribution >= 0.6 is 24.0 Å². The number of hydrogen-bond donors (Lipinski definition) is 2. The minimum atomic E-state index is 0. The summed E-state index contributed by atoms with van der Waals surface area (Å²) < 4.78 is 0. The highest BCUT2D eigenvalue weighted by molar-refractivity contribution is 14.0. The van der Waals surface area contributed by atoms with Crippen LogP contribution in [0.1, 0.15) is 52.0 Å². The zero-order valence-electron chi connectivity index (χ0n) is 16.1. The van der Waals surface area contributed by atoms with Crippen molar-refractivity contribution in [3.8, 4) is 0 Å². The van der Waals surface area contributed by atoms with Gasteiger partial charge in [0.1, 0.15) is 5.82 Å². The zero-order valence-corrected chi connectivity index (χ0v) is 18.5. The van der Waals surface area contributed by atoms with Gasteiger partial charge in [-0.15, -0.1) is 24.0 Å². The molecule has 0 aliphatic heterocycles. The van der Waals surface area contributed by atoms with Gasteiger partial charge in [-0.1, -0.05) is 19.4 Å². The van der Waals surface area contributed by atoms with E-state index in [2.05, 4.69) is 58.4 Å². The van der Waals surface area contributed by atoms with E-state index in [1.807, 2.05) is 13.2 Å². The Balaban J connectivity index is 0.00000312. The van der Waals surface area contributed by atoms with Gasteiger partial charge in [0.05, 0.1) is 0 Å². The maximum Gasteiger partial charge on any atom is 0.191 e. The average Bonchev–Trinajstić information content (AvgIpc) is 2.59. The number of halogens is 1. The van der Waals surface area contributed by atoms with Crippen LogP contribution in [0.15, 0.2) is 23.3 Å². The minimum absolute atomic E-state index is 0. The topological polar surface area (TPSA) is 52.5 Å². The first-order chi connectivity index (χ1) is 11.7. The lowest BCUT2D eigenvalue weighted by atomic mass is 9.67. The molecule has 6 heteroatoms. The highest BCUT2D eigenvalue weighted by Gasteiger charge is 2.34. The normalized spacial score (nSPS) is 15.8. The van der Waals surface area contributed by atoms with E-state index in [0.29, 0.717) is 5.41 Å². The monoisotopic (exact) mass is 459 g/mol. The van der Waals surface area contributed by atoms with Crippen molar-refractivity contribution in [2.75, 3.05) is 31.6 Å². The smallest absolute Gasteiger partial charge is 0.191 e. The fourth-order valence-corrected chi connectivity index (χ4v) is 3.27. The first-order valence-corrected chi connectivity index (χ1v) is 9.30. The summed E-state index contributed by atoms with van der Waals surface area (Å²) in [7, 11) is 1.83. The van der Waals surface area contributed by atoms with E-state index in [1.54, 1.807) is 0 Å². The molecule has 2 N–H and O–H groups in total. The highest BCUT2D eigenvalue weighted by atomic mass is 127. The van der Waals surface area contributed by atoms with Gasteiger partial charge in [0.2, 0.25) is 0 Å². The Hall–Kier alpha value is -1.05. The summed E-state index contributed by atoms with van der Waals surface area (Å²) in [5.74, 6) is 1.92. The van der Waals surface area contributed by atoms with E-state index in [0.717, 1.165) is 38.0 Å². The Bertz CT molecular complexity index is 516. The van der Waals surface area contributed by atoms with Crippen molar-refractivity contribution in [2.24, 2.45) is 10.4 Å². The molecule has 0 amide bonds. The molecular formula is C19H34IN5. The molecule has 5 nitrogen and oxygen atoms in total. The van der Waals surface area contributed by atoms with Gasteiger partial charge in [-0.25, -0.2) is 4.98 Å². The lowest BCUT2D eigenvalue weighted by molar-refractivity contribution is 0.131. The number of pyridine rings is 1. The molecule has 1 fully saturated rings. The molecule has 2 rings (SSSR count). The number of nitrogens with one attached hydrogen (secondary N) is 2. The number of anilines is 1. The first-order valence-electron chi connectivity index (χ1n) is 9.30. The molecule has 1 aliphatic carbocycles. The SMILES string of the molecule is CCN(CC)c1ccc(CNC(=NC)NCC2(CC)CCC2)cn1.I. The summed E-state index contributed by atoms with van der Waals surface area (Å²) in [6, 6.07) is 4.24. The molecule has 1 aliphatic rings. The second-order valence-electron chi connectivity index (χ2n) is 6.68. The lowest BCUT2D eigenvalue weighted by Crippen LogP contribution is -2.46. The number of hydrogen-bond acceptors (Lipinski definition) is 3. The predicted molar refractivity (Wildman–Crippen MR) is 118 cm³/mol. The van der Waals surface area contributed by atoms with E-state index in [-0.39, 0.29) is 24.0 Å². The third kappa shape index (κ3) is 6.01. The lowest BCUT2D eigenvalue weighted by Gasteiger charge is -2.41. The van der Waals surface area contributed by atoms with Gasteiger partial charge in [0.15, 0.2) is 5.96 Å². The minimum Gasteiger partial charge on any atom is -0.357 e. The molecule has 1 aromatic heterocycles. The second kappa shape index (κ2) is 10.8. The van der Waals surface area contributed by atoms with Gasteiger partial charge >= 0.3 is 0 Å². The molecule has 0 aromatic carbocycles. The van der Waals surface area contributed by atoms with Crippen LogP contribution in [-0.4, -0.2) is 37.6 Å². The van der Waals surface area contributed by atoms with E-state index in [1.165, 1.54) is 31.2 Å².